The molecule has 1 aliphatic carbocycles. The fourth-order valence-electron chi connectivity index (χ4n) is 3.55. The molecule has 0 saturated carbocycles. The SMILES string of the molecule is CC1(C)Cc2cc(-c3cccc(OCCF)c3)ccc2C1NC(=O)O. The van der Waals surface area contributed by atoms with Crippen molar-refractivity contribution in [3.05, 3.63) is 53.6 Å². The number of carboxylic acid groups (broad SMARTS) is 1. The van der Waals surface area contributed by atoms with Gasteiger partial charge < -0.3 is 15.2 Å². The summed E-state index contributed by atoms with van der Waals surface area (Å²) in [5.74, 6) is 0.640. The first kappa shape index (κ1) is 17.3. The standard InChI is InChI=1S/C20H22FNO3/c1-20(2)12-15-10-14(6-7-17(15)18(20)22-19(23)24)13-4-3-5-16(11-13)25-9-8-21/h3-7,10-11,18,22H,8-9,12H2,1-2H3,(H,23,24). The maximum atomic E-state index is 12.3. The Morgan fingerprint density at radius 2 is 2.04 bits per heavy atom. The lowest BCUT2D eigenvalue weighted by Crippen LogP contribution is -2.34. The Morgan fingerprint density at radius 3 is 2.76 bits per heavy atom. The number of rotatable bonds is 5. The summed E-state index contributed by atoms with van der Waals surface area (Å²) in [5, 5.41) is 11.8. The molecule has 1 aliphatic rings. The molecule has 0 heterocycles. The summed E-state index contributed by atoms with van der Waals surface area (Å²) in [6.07, 6.45) is -0.202. The van der Waals surface area contributed by atoms with Crippen LogP contribution in [0.25, 0.3) is 11.1 Å². The maximum absolute atomic E-state index is 12.3. The van der Waals surface area contributed by atoms with Crippen LogP contribution in [0.1, 0.15) is 31.0 Å². The quantitative estimate of drug-likeness (QED) is 0.834. The molecule has 1 atom stereocenters. The van der Waals surface area contributed by atoms with Crippen molar-refractivity contribution in [1.82, 2.24) is 5.32 Å². The first-order valence-electron chi connectivity index (χ1n) is 8.32. The zero-order valence-corrected chi connectivity index (χ0v) is 14.4. The van der Waals surface area contributed by atoms with Gasteiger partial charge >= 0.3 is 6.09 Å². The number of alkyl halides is 1. The van der Waals surface area contributed by atoms with Crippen molar-refractivity contribution in [2.75, 3.05) is 13.3 Å². The minimum absolute atomic E-state index is 0.0460. The van der Waals surface area contributed by atoms with Crippen molar-refractivity contribution >= 4 is 6.09 Å². The van der Waals surface area contributed by atoms with Gasteiger partial charge in [0.05, 0.1) is 6.04 Å². The van der Waals surface area contributed by atoms with Crippen LogP contribution in [-0.4, -0.2) is 24.5 Å². The Balaban J connectivity index is 1.91. The largest absolute Gasteiger partial charge is 0.491 e. The first-order valence-corrected chi connectivity index (χ1v) is 8.32. The average molecular weight is 343 g/mol. The second-order valence-electron chi connectivity index (χ2n) is 7.03. The molecule has 0 bridgehead atoms. The van der Waals surface area contributed by atoms with E-state index in [9.17, 15) is 9.18 Å². The Morgan fingerprint density at radius 1 is 1.28 bits per heavy atom. The molecule has 0 fully saturated rings. The minimum atomic E-state index is -1.01. The molecular formula is C20H22FNO3. The summed E-state index contributed by atoms with van der Waals surface area (Å²) in [7, 11) is 0. The van der Waals surface area contributed by atoms with E-state index in [0.717, 1.165) is 28.7 Å². The first-order chi connectivity index (χ1) is 11.9. The van der Waals surface area contributed by atoms with Crippen LogP contribution in [0.3, 0.4) is 0 Å². The molecule has 3 rings (SSSR count). The summed E-state index contributed by atoms with van der Waals surface area (Å²) in [5.41, 5.74) is 4.03. The van der Waals surface area contributed by atoms with Crippen LogP contribution >= 0.6 is 0 Å². The summed E-state index contributed by atoms with van der Waals surface area (Å²) in [6, 6.07) is 13.4. The van der Waals surface area contributed by atoms with E-state index in [0.29, 0.717) is 5.75 Å². The lowest BCUT2D eigenvalue weighted by atomic mass is 9.85. The third-order valence-electron chi connectivity index (χ3n) is 4.66. The van der Waals surface area contributed by atoms with Gasteiger partial charge in [0.25, 0.3) is 0 Å². The molecule has 0 saturated heterocycles. The van der Waals surface area contributed by atoms with Crippen LogP contribution in [0.2, 0.25) is 0 Å². The molecule has 1 unspecified atom stereocenters. The van der Waals surface area contributed by atoms with Crippen molar-refractivity contribution in [3.8, 4) is 16.9 Å². The van der Waals surface area contributed by atoms with E-state index in [2.05, 4.69) is 25.2 Å². The maximum Gasteiger partial charge on any atom is 0.405 e. The Labute approximate surface area is 146 Å². The van der Waals surface area contributed by atoms with Crippen molar-refractivity contribution in [2.45, 2.75) is 26.3 Å². The third kappa shape index (κ3) is 3.60. The molecule has 0 spiro atoms. The molecule has 4 nitrogen and oxygen atoms in total. The molecule has 2 aromatic carbocycles. The van der Waals surface area contributed by atoms with E-state index in [1.165, 1.54) is 0 Å². The van der Waals surface area contributed by atoms with Gasteiger partial charge in [-0.25, -0.2) is 9.18 Å². The number of hydrogen-bond donors (Lipinski definition) is 2. The molecule has 2 N–H and O–H groups in total. The highest BCUT2D eigenvalue weighted by atomic mass is 19.1. The number of carbonyl (C=O) groups is 1. The number of amides is 1. The number of fused-ring (bicyclic) bond motifs is 1. The zero-order chi connectivity index (χ0) is 18.0. The van der Waals surface area contributed by atoms with Crippen LogP contribution in [0, 0.1) is 5.41 Å². The van der Waals surface area contributed by atoms with Gasteiger partial charge in [0.1, 0.15) is 19.0 Å². The van der Waals surface area contributed by atoms with Crippen LogP contribution in [-0.2, 0) is 6.42 Å². The van der Waals surface area contributed by atoms with Gasteiger partial charge in [-0.3, -0.25) is 0 Å². The highest BCUT2D eigenvalue weighted by Crippen LogP contribution is 2.46. The van der Waals surface area contributed by atoms with Gasteiger partial charge in [-0.2, -0.15) is 0 Å². The second kappa shape index (κ2) is 6.75. The predicted octanol–water partition coefficient (Wildman–Crippen LogP) is 4.59. The summed E-state index contributed by atoms with van der Waals surface area (Å²) in [6.45, 7) is 3.66. The van der Waals surface area contributed by atoms with E-state index < -0.39 is 12.8 Å². The normalized spacial score (nSPS) is 17.8. The van der Waals surface area contributed by atoms with Crippen LogP contribution in [0.5, 0.6) is 5.75 Å². The van der Waals surface area contributed by atoms with E-state index >= 15 is 0 Å². The van der Waals surface area contributed by atoms with Gasteiger partial charge in [0.15, 0.2) is 0 Å². The number of benzene rings is 2. The molecule has 25 heavy (non-hydrogen) atoms. The molecule has 132 valence electrons. The summed E-state index contributed by atoms with van der Waals surface area (Å²) < 4.78 is 17.6. The number of ether oxygens (including phenoxy) is 1. The van der Waals surface area contributed by atoms with E-state index in [-0.39, 0.29) is 18.1 Å². The Bertz CT molecular complexity index is 788. The molecule has 5 heteroatoms. The van der Waals surface area contributed by atoms with Gasteiger partial charge in [0.2, 0.25) is 0 Å². The lowest BCUT2D eigenvalue weighted by Gasteiger charge is -2.27. The Kier molecular flexibility index (Phi) is 4.66. The highest BCUT2D eigenvalue weighted by molar-refractivity contribution is 5.69. The third-order valence-corrected chi connectivity index (χ3v) is 4.66. The van der Waals surface area contributed by atoms with E-state index in [1.807, 2.05) is 36.4 Å². The van der Waals surface area contributed by atoms with Crippen molar-refractivity contribution < 1.29 is 19.0 Å². The van der Waals surface area contributed by atoms with Gasteiger partial charge in [0, 0.05) is 0 Å². The van der Waals surface area contributed by atoms with Crippen molar-refractivity contribution in [3.63, 3.8) is 0 Å². The van der Waals surface area contributed by atoms with E-state index in [4.69, 9.17) is 9.84 Å². The molecule has 0 aromatic heterocycles. The molecule has 0 radical (unpaired) electrons. The molecule has 1 amide bonds. The average Bonchev–Trinajstić information content (AvgIpc) is 2.82. The monoisotopic (exact) mass is 343 g/mol. The summed E-state index contributed by atoms with van der Waals surface area (Å²) in [4.78, 5) is 11.1. The van der Waals surface area contributed by atoms with Crippen LogP contribution < -0.4 is 10.1 Å². The predicted molar refractivity (Wildman–Crippen MR) is 94.7 cm³/mol. The molecule has 0 aliphatic heterocycles. The van der Waals surface area contributed by atoms with Crippen molar-refractivity contribution in [1.29, 1.82) is 0 Å². The van der Waals surface area contributed by atoms with Crippen molar-refractivity contribution in [2.24, 2.45) is 5.41 Å². The van der Waals surface area contributed by atoms with E-state index in [1.54, 1.807) is 0 Å². The Hall–Kier alpha value is -2.56. The smallest absolute Gasteiger partial charge is 0.405 e. The topological polar surface area (TPSA) is 58.6 Å². The number of nitrogens with one attached hydrogen (secondary N) is 1. The van der Waals surface area contributed by atoms with Crippen LogP contribution in [0.15, 0.2) is 42.5 Å². The minimum Gasteiger partial charge on any atom is -0.491 e. The number of halogens is 1. The lowest BCUT2D eigenvalue weighted by molar-refractivity contribution is 0.175. The number of hydrogen-bond acceptors (Lipinski definition) is 2. The highest BCUT2D eigenvalue weighted by Gasteiger charge is 2.39. The second-order valence-corrected chi connectivity index (χ2v) is 7.03. The van der Waals surface area contributed by atoms with Crippen LogP contribution in [0.4, 0.5) is 9.18 Å². The fourth-order valence-corrected chi connectivity index (χ4v) is 3.55. The molecule has 2 aromatic rings. The molecular weight excluding hydrogens is 321 g/mol. The van der Waals surface area contributed by atoms with Gasteiger partial charge in [-0.1, -0.05) is 44.2 Å². The zero-order valence-electron chi connectivity index (χ0n) is 14.4. The van der Waals surface area contributed by atoms with Gasteiger partial charge in [-0.15, -0.1) is 0 Å². The summed E-state index contributed by atoms with van der Waals surface area (Å²) >= 11 is 0. The fraction of sp³-hybridized carbons (Fsp3) is 0.350. The van der Waals surface area contributed by atoms with Gasteiger partial charge in [-0.05, 0) is 46.2 Å².